The van der Waals surface area contributed by atoms with E-state index in [9.17, 15) is 9.18 Å². The fraction of sp³-hybridized carbons (Fsp3) is 0.182. The topological polar surface area (TPSA) is 32.9 Å². The maximum Gasteiger partial charge on any atom is 0.164 e. The lowest BCUT2D eigenvalue weighted by molar-refractivity contribution is 0.0990. The van der Waals surface area contributed by atoms with Crippen molar-refractivity contribution in [1.29, 1.82) is 0 Å². The number of rotatable bonds is 2. The summed E-state index contributed by atoms with van der Waals surface area (Å²) in [5.41, 5.74) is 1.31. The lowest BCUT2D eigenvalue weighted by Crippen LogP contribution is -1.93. The first-order chi connectivity index (χ1) is 6.72. The summed E-state index contributed by atoms with van der Waals surface area (Å²) < 4.78 is 12.8. The Bertz CT molecular complexity index is 487. The van der Waals surface area contributed by atoms with Crippen LogP contribution in [0.5, 0.6) is 0 Å². The van der Waals surface area contributed by atoms with Crippen molar-refractivity contribution in [3.05, 3.63) is 35.8 Å². The molecule has 1 N–H and O–H groups in total. The third-order valence-electron chi connectivity index (χ3n) is 2.27. The summed E-state index contributed by atoms with van der Waals surface area (Å²) in [5, 5.41) is 0.790. The van der Waals surface area contributed by atoms with Crippen molar-refractivity contribution in [2.24, 2.45) is 0 Å². The highest BCUT2D eigenvalue weighted by Crippen LogP contribution is 2.20. The van der Waals surface area contributed by atoms with E-state index in [0.717, 1.165) is 5.39 Å². The van der Waals surface area contributed by atoms with Crippen molar-refractivity contribution in [2.45, 2.75) is 13.3 Å². The van der Waals surface area contributed by atoms with Crippen LogP contribution in [0.4, 0.5) is 4.39 Å². The molecule has 0 atom stereocenters. The van der Waals surface area contributed by atoms with Gasteiger partial charge in [-0.3, -0.25) is 4.79 Å². The largest absolute Gasteiger partial charge is 0.360 e. The van der Waals surface area contributed by atoms with Gasteiger partial charge in [0.2, 0.25) is 0 Å². The molecule has 0 bridgehead atoms. The number of Topliss-reactive ketones (excluding diaryl/α,β-unsaturated/α-hetero) is 1. The van der Waals surface area contributed by atoms with Gasteiger partial charge in [-0.05, 0) is 18.2 Å². The minimum Gasteiger partial charge on any atom is -0.360 e. The molecule has 1 aromatic carbocycles. The molecule has 0 saturated heterocycles. The highest BCUT2D eigenvalue weighted by atomic mass is 19.1. The second-order valence-corrected chi connectivity index (χ2v) is 3.17. The zero-order chi connectivity index (χ0) is 10.1. The molecule has 2 aromatic rings. The van der Waals surface area contributed by atoms with Crippen LogP contribution < -0.4 is 0 Å². The van der Waals surface area contributed by atoms with Crippen LogP contribution in [0.15, 0.2) is 24.4 Å². The maximum atomic E-state index is 12.8. The van der Waals surface area contributed by atoms with Gasteiger partial charge in [0.1, 0.15) is 5.82 Å². The lowest BCUT2D eigenvalue weighted by Gasteiger charge is -1.94. The highest BCUT2D eigenvalue weighted by molar-refractivity contribution is 6.07. The van der Waals surface area contributed by atoms with Crippen LogP contribution in [0.2, 0.25) is 0 Å². The molecule has 0 aliphatic heterocycles. The molecule has 0 unspecified atom stereocenters. The minimum atomic E-state index is -0.296. The van der Waals surface area contributed by atoms with Gasteiger partial charge in [0.05, 0.1) is 0 Å². The average molecular weight is 191 g/mol. The number of carbonyl (C=O) groups excluding carboxylic acids is 1. The predicted octanol–water partition coefficient (Wildman–Crippen LogP) is 2.90. The third kappa shape index (κ3) is 1.31. The van der Waals surface area contributed by atoms with E-state index >= 15 is 0 Å². The zero-order valence-electron chi connectivity index (χ0n) is 7.80. The van der Waals surface area contributed by atoms with Crippen LogP contribution in [-0.2, 0) is 0 Å². The van der Waals surface area contributed by atoms with E-state index in [-0.39, 0.29) is 11.6 Å². The molecule has 2 nitrogen and oxygen atoms in total. The highest BCUT2D eigenvalue weighted by Gasteiger charge is 2.09. The molecule has 2 rings (SSSR count). The number of ketones is 1. The quantitative estimate of drug-likeness (QED) is 0.727. The van der Waals surface area contributed by atoms with Gasteiger partial charge < -0.3 is 4.98 Å². The van der Waals surface area contributed by atoms with E-state index in [2.05, 4.69) is 4.98 Å². The lowest BCUT2D eigenvalue weighted by atomic mass is 10.1. The van der Waals surface area contributed by atoms with Crippen LogP contribution in [-0.4, -0.2) is 10.8 Å². The molecule has 0 radical (unpaired) electrons. The third-order valence-corrected chi connectivity index (χ3v) is 2.27. The van der Waals surface area contributed by atoms with E-state index < -0.39 is 0 Å². The molecule has 0 fully saturated rings. The van der Waals surface area contributed by atoms with Gasteiger partial charge in [-0.2, -0.15) is 0 Å². The van der Waals surface area contributed by atoms with Crippen LogP contribution >= 0.6 is 0 Å². The Morgan fingerprint density at radius 2 is 2.29 bits per heavy atom. The van der Waals surface area contributed by atoms with Crippen LogP contribution in [0.1, 0.15) is 23.7 Å². The number of benzene rings is 1. The van der Waals surface area contributed by atoms with Gasteiger partial charge >= 0.3 is 0 Å². The maximum absolute atomic E-state index is 12.8. The minimum absolute atomic E-state index is 0.0721. The SMILES string of the molecule is CCC(=O)c1c[nH]c2cc(F)ccc12. The standard InChI is InChI=1S/C11H10FNO/c1-2-11(14)9-6-13-10-5-7(12)3-4-8(9)10/h3-6,13H,2H2,1H3. The number of nitrogens with one attached hydrogen (secondary N) is 1. The molecule has 14 heavy (non-hydrogen) atoms. The van der Waals surface area contributed by atoms with E-state index in [0.29, 0.717) is 17.5 Å². The Balaban J connectivity index is 2.64. The van der Waals surface area contributed by atoms with Crippen LogP contribution in [0.3, 0.4) is 0 Å². The predicted molar refractivity (Wildman–Crippen MR) is 52.9 cm³/mol. The Labute approximate surface area is 80.7 Å². The molecule has 0 aliphatic carbocycles. The van der Waals surface area contributed by atoms with Crippen molar-refractivity contribution in [3.63, 3.8) is 0 Å². The van der Waals surface area contributed by atoms with Gasteiger partial charge in [0.25, 0.3) is 0 Å². The second-order valence-electron chi connectivity index (χ2n) is 3.17. The summed E-state index contributed by atoms with van der Waals surface area (Å²) in [7, 11) is 0. The van der Waals surface area contributed by atoms with Gasteiger partial charge in [-0.25, -0.2) is 4.39 Å². The first-order valence-corrected chi connectivity index (χ1v) is 4.52. The summed E-state index contributed by atoms with van der Waals surface area (Å²) in [6.45, 7) is 1.81. The molecule has 3 heteroatoms. The van der Waals surface area contributed by atoms with Crippen molar-refractivity contribution in [3.8, 4) is 0 Å². The van der Waals surface area contributed by atoms with E-state index in [1.807, 2.05) is 6.92 Å². The first-order valence-electron chi connectivity index (χ1n) is 4.52. The normalized spacial score (nSPS) is 10.7. The number of H-pyrrole nitrogens is 1. The summed E-state index contributed by atoms with van der Waals surface area (Å²) in [6.07, 6.45) is 2.10. The van der Waals surface area contributed by atoms with Crippen molar-refractivity contribution in [2.75, 3.05) is 0 Å². The second kappa shape index (κ2) is 3.25. The number of hydrogen-bond donors (Lipinski definition) is 1. The molecule has 72 valence electrons. The number of aromatic amines is 1. The molecular formula is C11H10FNO. The molecule has 1 heterocycles. The van der Waals surface area contributed by atoms with E-state index in [1.54, 1.807) is 12.3 Å². The molecule has 0 aliphatic rings. The molecule has 0 spiro atoms. The van der Waals surface area contributed by atoms with Crippen molar-refractivity contribution in [1.82, 2.24) is 4.98 Å². The summed E-state index contributed by atoms with van der Waals surface area (Å²) >= 11 is 0. The molecule has 1 aromatic heterocycles. The zero-order valence-corrected chi connectivity index (χ0v) is 7.80. The number of fused-ring (bicyclic) bond motifs is 1. The molecule has 0 saturated carbocycles. The van der Waals surface area contributed by atoms with E-state index in [1.165, 1.54) is 12.1 Å². The number of carbonyl (C=O) groups is 1. The Kier molecular flexibility index (Phi) is 2.08. The van der Waals surface area contributed by atoms with Gasteiger partial charge in [0, 0.05) is 29.1 Å². The van der Waals surface area contributed by atoms with Crippen molar-refractivity contribution >= 4 is 16.7 Å². The number of halogens is 1. The van der Waals surface area contributed by atoms with Crippen LogP contribution in [0.25, 0.3) is 10.9 Å². The summed E-state index contributed by atoms with van der Waals surface area (Å²) in [6, 6.07) is 4.38. The smallest absolute Gasteiger partial charge is 0.164 e. The Morgan fingerprint density at radius 1 is 1.50 bits per heavy atom. The fourth-order valence-corrected chi connectivity index (χ4v) is 1.52. The fourth-order valence-electron chi connectivity index (χ4n) is 1.52. The monoisotopic (exact) mass is 191 g/mol. The number of aromatic nitrogens is 1. The van der Waals surface area contributed by atoms with Crippen LogP contribution in [0, 0.1) is 5.82 Å². The molecule has 0 amide bonds. The summed E-state index contributed by atoms with van der Waals surface area (Å²) in [4.78, 5) is 14.3. The average Bonchev–Trinajstić information content (AvgIpc) is 2.59. The van der Waals surface area contributed by atoms with Gasteiger partial charge in [-0.1, -0.05) is 6.92 Å². The Hall–Kier alpha value is -1.64. The summed E-state index contributed by atoms with van der Waals surface area (Å²) in [5.74, 6) is -0.224. The van der Waals surface area contributed by atoms with Gasteiger partial charge in [-0.15, -0.1) is 0 Å². The Morgan fingerprint density at radius 3 is 3.00 bits per heavy atom. The van der Waals surface area contributed by atoms with Gasteiger partial charge in [0.15, 0.2) is 5.78 Å². The van der Waals surface area contributed by atoms with Crippen molar-refractivity contribution < 1.29 is 9.18 Å². The molecular weight excluding hydrogens is 181 g/mol. The van der Waals surface area contributed by atoms with E-state index in [4.69, 9.17) is 0 Å². The first kappa shape index (κ1) is 8.94. The number of hydrogen-bond acceptors (Lipinski definition) is 1.